The smallest absolute Gasteiger partial charge is 0.258 e. The topological polar surface area (TPSA) is 101 Å². The van der Waals surface area contributed by atoms with Crippen molar-refractivity contribution in [2.45, 2.75) is 6.92 Å². The Morgan fingerprint density at radius 1 is 1.33 bits per heavy atom. The van der Waals surface area contributed by atoms with Crippen LogP contribution in [0.3, 0.4) is 0 Å². The van der Waals surface area contributed by atoms with Crippen LogP contribution in [-0.2, 0) is 0 Å². The maximum Gasteiger partial charge on any atom is 0.258 e. The average Bonchev–Trinajstić information content (AvgIpc) is 2.99. The minimum atomic E-state index is 0.201. The highest BCUT2D eigenvalue weighted by atomic mass is 16.5. The average molecular weight is 243 g/mol. The Morgan fingerprint density at radius 3 is 2.94 bits per heavy atom. The predicted octanol–water partition coefficient (Wildman–Crippen LogP) is 1.54. The van der Waals surface area contributed by atoms with Crippen LogP contribution in [-0.4, -0.2) is 30.7 Å². The molecule has 0 aliphatic heterocycles. The third kappa shape index (κ3) is 1.71. The summed E-state index contributed by atoms with van der Waals surface area (Å²) in [7, 11) is 0. The lowest BCUT2D eigenvalue weighted by molar-refractivity contribution is 0.431. The second-order valence-corrected chi connectivity index (χ2v) is 3.78. The molecule has 7 nitrogen and oxygen atoms in total. The van der Waals surface area contributed by atoms with Crippen molar-refractivity contribution in [3.05, 3.63) is 30.0 Å². The van der Waals surface area contributed by atoms with Crippen molar-refractivity contribution in [3.63, 3.8) is 0 Å². The molecule has 2 aromatic heterocycles. The highest BCUT2D eigenvalue weighted by molar-refractivity contribution is 5.61. The molecule has 0 atom stereocenters. The Hall–Kier alpha value is -2.70. The van der Waals surface area contributed by atoms with E-state index in [1.807, 2.05) is 6.92 Å². The molecule has 90 valence electrons. The molecule has 0 saturated carbocycles. The van der Waals surface area contributed by atoms with E-state index in [1.165, 1.54) is 6.20 Å². The van der Waals surface area contributed by atoms with E-state index in [0.717, 1.165) is 11.1 Å². The molecule has 7 heteroatoms. The molecule has 0 fully saturated rings. The number of rotatable bonds is 2. The van der Waals surface area contributed by atoms with Gasteiger partial charge in [0.15, 0.2) is 5.69 Å². The Kier molecular flexibility index (Phi) is 2.30. The number of nitrogens with one attached hydrogen (secondary N) is 1. The lowest BCUT2D eigenvalue weighted by Gasteiger charge is -2.00. The van der Waals surface area contributed by atoms with Crippen LogP contribution < -0.4 is 0 Å². The molecule has 1 aromatic carbocycles. The summed E-state index contributed by atoms with van der Waals surface area (Å²) < 4.78 is 5.17. The molecule has 0 bridgehead atoms. The van der Waals surface area contributed by atoms with Gasteiger partial charge in [0, 0.05) is 5.56 Å². The minimum absolute atomic E-state index is 0.201. The molecular formula is C11H9N5O2. The van der Waals surface area contributed by atoms with Crippen LogP contribution in [0.5, 0.6) is 5.75 Å². The summed E-state index contributed by atoms with van der Waals surface area (Å²) in [5, 5.41) is 23.2. The van der Waals surface area contributed by atoms with Crippen molar-refractivity contribution < 1.29 is 9.63 Å². The van der Waals surface area contributed by atoms with Crippen molar-refractivity contribution >= 4 is 0 Å². The van der Waals surface area contributed by atoms with Gasteiger partial charge >= 0.3 is 0 Å². The largest absolute Gasteiger partial charge is 0.508 e. The van der Waals surface area contributed by atoms with Gasteiger partial charge in [0.2, 0.25) is 5.82 Å². The van der Waals surface area contributed by atoms with Crippen LogP contribution in [0.1, 0.15) is 5.56 Å². The predicted molar refractivity (Wildman–Crippen MR) is 61.5 cm³/mol. The summed E-state index contributed by atoms with van der Waals surface area (Å²) in [5.41, 5.74) is 2.14. The van der Waals surface area contributed by atoms with Crippen molar-refractivity contribution in [1.29, 1.82) is 0 Å². The normalized spacial score (nSPS) is 10.7. The van der Waals surface area contributed by atoms with Gasteiger partial charge in [-0.2, -0.15) is 20.4 Å². The summed E-state index contributed by atoms with van der Waals surface area (Å²) in [4.78, 5) is 4.23. The molecule has 2 heterocycles. The van der Waals surface area contributed by atoms with Gasteiger partial charge in [-0.1, -0.05) is 5.16 Å². The van der Waals surface area contributed by atoms with Gasteiger partial charge < -0.3 is 9.63 Å². The SMILES string of the molecule is Cc1cc(O)ccc1-c1nc(-c2cn[nH]n2)no1. The molecule has 0 aliphatic carbocycles. The van der Waals surface area contributed by atoms with Crippen LogP contribution in [0, 0.1) is 6.92 Å². The first-order valence-electron chi connectivity index (χ1n) is 5.24. The molecule has 0 aliphatic rings. The van der Waals surface area contributed by atoms with Gasteiger partial charge in [-0.3, -0.25) is 0 Å². The number of benzene rings is 1. The quantitative estimate of drug-likeness (QED) is 0.707. The third-order valence-electron chi connectivity index (χ3n) is 2.51. The zero-order valence-electron chi connectivity index (χ0n) is 9.45. The second kappa shape index (κ2) is 3.95. The highest BCUT2D eigenvalue weighted by Crippen LogP contribution is 2.26. The van der Waals surface area contributed by atoms with Crippen molar-refractivity contribution in [3.8, 4) is 28.7 Å². The summed E-state index contributed by atoms with van der Waals surface area (Å²) in [5.74, 6) is 0.948. The van der Waals surface area contributed by atoms with E-state index < -0.39 is 0 Å². The maximum atomic E-state index is 9.35. The Morgan fingerprint density at radius 2 is 2.22 bits per heavy atom. The number of H-pyrrole nitrogens is 1. The molecule has 3 aromatic rings. The Balaban J connectivity index is 2.03. The van der Waals surface area contributed by atoms with E-state index in [2.05, 4.69) is 25.6 Å². The number of phenolic OH excluding ortho intramolecular Hbond substituents is 1. The van der Waals surface area contributed by atoms with Crippen LogP contribution >= 0.6 is 0 Å². The molecule has 0 radical (unpaired) electrons. The molecule has 3 rings (SSSR count). The highest BCUT2D eigenvalue weighted by Gasteiger charge is 2.14. The monoisotopic (exact) mass is 243 g/mol. The summed E-state index contributed by atoms with van der Waals surface area (Å²) >= 11 is 0. The summed E-state index contributed by atoms with van der Waals surface area (Å²) in [6, 6.07) is 4.93. The lowest BCUT2D eigenvalue weighted by atomic mass is 10.1. The molecular weight excluding hydrogens is 234 g/mol. The van der Waals surface area contributed by atoms with E-state index in [-0.39, 0.29) is 5.75 Å². The number of phenols is 1. The van der Waals surface area contributed by atoms with Gasteiger partial charge in [0.05, 0.1) is 6.20 Å². The number of aromatic amines is 1. The molecule has 18 heavy (non-hydrogen) atoms. The Labute approximate surface area is 101 Å². The number of aromatic hydroxyl groups is 1. The van der Waals surface area contributed by atoms with Crippen LogP contribution in [0.4, 0.5) is 0 Å². The molecule has 0 amide bonds. The fraction of sp³-hybridized carbons (Fsp3) is 0.0909. The number of nitrogens with zero attached hydrogens (tertiary/aromatic N) is 4. The first-order valence-corrected chi connectivity index (χ1v) is 5.24. The zero-order chi connectivity index (χ0) is 12.5. The first-order chi connectivity index (χ1) is 8.74. The number of hydrogen-bond donors (Lipinski definition) is 2. The molecule has 0 unspecified atom stereocenters. The molecule has 2 N–H and O–H groups in total. The van der Waals surface area contributed by atoms with E-state index in [9.17, 15) is 5.11 Å². The number of aryl methyl sites for hydroxylation is 1. The van der Waals surface area contributed by atoms with Gasteiger partial charge in [0.25, 0.3) is 5.89 Å². The van der Waals surface area contributed by atoms with Gasteiger partial charge in [-0.05, 0) is 30.7 Å². The fourth-order valence-electron chi connectivity index (χ4n) is 1.63. The fourth-order valence-corrected chi connectivity index (χ4v) is 1.63. The van der Waals surface area contributed by atoms with Gasteiger partial charge in [-0.25, -0.2) is 0 Å². The van der Waals surface area contributed by atoms with Crippen LogP contribution in [0.15, 0.2) is 28.9 Å². The minimum Gasteiger partial charge on any atom is -0.508 e. The molecule has 0 saturated heterocycles. The number of aromatic nitrogens is 5. The van der Waals surface area contributed by atoms with E-state index in [4.69, 9.17) is 4.52 Å². The van der Waals surface area contributed by atoms with Crippen LogP contribution in [0.25, 0.3) is 23.0 Å². The van der Waals surface area contributed by atoms with E-state index in [0.29, 0.717) is 17.4 Å². The van der Waals surface area contributed by atoms with Crippen molar-refractivity contribution in [1.82, 2.24) is 25.6 Å². The van der Waals surface area contributed by atoms with Crippen molar-refractivity contribution in [2.75, 3.05) is 0 Å². The van der Waals surface area contributed by atoms with Gasteiger partial charge in [0.1, 0.15) is 5.75 Å². The third-order valence-corrected chi connectivity index (χ3v) is 2.51. The van der Waals surface area contributed by atoms with E-state index >= 15 is 0 Å². The number of hydrogen-bond acceptors (Lipinski definition) is 6. The van der Waals surface area contributed by atoms with E-state index in [1.54, 1.807) is 18.2 Å². The standard InChI is InChI=1S/C11H9N5O2/c1-6-4-7(17)2-3-8(6)11-13-10(15-18-11)9-5-12-16-14-9/h2-5,17H,1H3,(H,12,14,16). The summed E-state index contributed by atoms with van der Waals surface area (Å²) in [6.45, 7) is 1.86. The van der Waals surface area contributed by atoms with Crippen LogP contribution in [0.2, 0.25) is 0 Å². The second-order valence-electron chi connectivity index (χ2n) is 3.78. The Bertz CT molecular complexity index is 675. The lowest BCUT2D eigenvalue weighted by Crippen LogP contribution is -1.84. The zero-order valence-corrected chi connectivity index (χ0v) is 9.45. The van der Waals surface area contributed by atoms with Crippen molar-refractivity contribution in [2.24, 2.45) is 0 Å². The summed E-state index contributed by atoms with van der Waals surface area (Å²) in [6.07, 6.45) is 1.51. The molecule has 0 spiro atoms. The van der Waals surface area contributed by atoms with Gasteiger partial charge in [-0.15, -0.1) is 0 Å². The first kappa shape index (κ1) is 10.5. The maximum absolute atomic E-state index is 9.35.